The minimum atomic E-state index is 0.556. The molecule has 0 heterocycles. The second-order valence-corrected chi connectivity index (χ2v) is 7.45. The summed E-state index contributed by atoms with van der Waals surface area (Å²) in [6.07, 6.45) is 17.2. The van der Waals surface area contributed by atoms with Gasteiger partial charge in [0.25, 0.3) is 0 Å². The van der Waals surface area contributed by atoms with Gasteiger partial charge in [-0.25, -0.2) is 0 Å². The molecule has 1 N–H and O–H groups in total. The van der Waals surface area contributed by atoms with E-state index in [4.69, 9.17) is 0 Å². The third kappa shape index (κ3) is 4.58. The Labute approximate surface area is 136 Å². The molecule has 2 saturated carbocycles. The first-order chi connectivity index (χ1) is 10.5. The Kier molecular flexibility index (Phi) is 5.63. The standard InChI is InChI=1S/C21H31N/c1-6-9-11-16(10-7-2)12-17(8-3)19-13-20(19)22-18-14-21(4,5)15-18/h6-7,9-12,18-20,22H,1-2,8,13-15H2,3-5H3/b11-9-,16-10+,17-12+/t19-,20+/m0/s1. The molecule has 0 unspecified atom stereocenters. The zero-order chi connectivity index (χ0) is 16.2. The van der Waals surface area contributed by atoms with Crippen LogP contribution in [-0.4, -0.2) is 12.1 Å². The lowest BCUT2D eigenvalue weighted by Gasteiger charge is -2.43. The lowest BCUT2D eigenvalue weighted by Crippen LogP contribution is -2.47. The summed E-state index contributed by atoms with van der Waals surface area (Å²) in [6, 6.07) is 1.44. The Bertz CT molecular complexity index is 496. The maximum absolute atomic E-state index is 3.84. The summed E-state index contributed by atoms with van der Waals surface area (Å²) in [5.74, 6) is 0.721. The summed E-state index contributed by atoms with van der Waals surface area (Å²) in [5, 5.41) is 3.84. The first kappa shape index (κ1) is 17.0. The SMILES string of the molecule is C=C\C=C/C(=C\C=C)/C=C(\CC)[C@@H]1C[C@H]1NC1CC(C)(C)C1. The highest BCUT2D eigenvalue weighted by Gasteiger charge is 2.44. The van der Waals surface area contributed by atoms with Gasteiger partial charge in [-0.2, -0.15) is 0 Å². The van der Waals surface area contributed by atoms with E-state index in [0.29, 0.717) is 11.5 Å². The minimum Gasteiger partial charge on any atom is -0.311 e. The number of allylic oxidation sites excluding steroid dienone is 7. The van der Waals surface area contributed by atoms with E-state index in [9.17, 15) is 0 Å². The van der Waals surface area contributed by atoms with Crippen molar-refractivity contribution < 1.29 is 0 Å². The smallest absolute Gasteiger partial charge is 0.0142 e. The van der Waals surface area contributed by atoms with Crippen LogP contribution in [-0.2, 0) is 0 Å². The molecule has 2 atom stereocenters. The monoisotopic (exact) mass is 297 g/mol. The van der Waals surface area contributed by atoms with E-state index >= 15 is 0 Å². The number of hydrogen-bond acceptors (Lipinski definition) is 1. The van der Waals surface area contributed by atoms with E-state index in [0.717, 1.165) is 18.4 Å². The van der Waals surface area contributed by atoms with E-state index < -0.39 is 0 Å². The van der Waals surface area contributed by atoms with Gasteiger partial charge in [0.05, 0.1) is 0 Å². The van der Waals surface area contributed by atoms with Crippen molar-refractivity contribution in [3.8, 4) is 0 Å². The second kappa shape index (κ2) is 7.28. The molecule has 2 fully saturated rings. The van der Waals surface area contributed by atoms with Crippen molar-refractivity contribution in [2.24, 2.45) is 11.3 Å². The average Bonchev–Trinajstić information content (AvgIpc) is 3.19. The molecular formula is C21H31N. The Morgan fingerprint density at radius 1 is 1.23 bits per heavy atom. The first-order valence-corrected chi connectivity index (χ1v) is 8.57. The van der Waals surface area contributed by atoms with Gasteiger partial charge >= 0.3 is 0 Å². The van der Waals surface area contributed by atoms with E-state index in [2.05, 4.69) is 57.5 Å². The third-order valence-corrected chi connectivity index (χ3v) is 4.81. The molecule has 0 spiro atoms. The van der Waals surface area contributed by atoms with Crippen molar-refractivity contribution in [1.29, 1.82) is 0 Å². The zero-order valence-electron chi connectivity index (χ0n) is 14.4. The van der Waals surface area contributed by atoms with Crippen LogP contribution in [0.2, 0.25) is 0 Å². The molecule has 0 amide bonds. The fraction of sp³-hybridized carbons (Fsp3) is 0.524. The first-order valence-electron chi connectivity index (χ1n) is 8.57. The summed E-state index contributed by atoms with van der Waals surface area (Å²) in [6.45, 7) is 14.5. The van der Waals surface area contributed by atoms with E-state index in [1.165, 1.54) is 24.8 Å². The molecular weight excluding hydrogens is 266 g/mol. The largest absolute Gasteiger partial charge is 0.311 e. The van der Waals surface area contributed by atoms with Crippen molar-refractivity contribution >= 4 is 0 Å². The summed E-state index contributed by atoms with van der Waals surface area (Å²) in [5.41, 5.74) is 3.32. The van der Waals surface area contributed by atoms with Gasteiger partial charge in [0.2, 0.25) is 0 Å². The summed E-state index contributed by atoms with van der Waals surface area (Å²) in [7, 11) is 0. The Hall–Kier alpha value is -1.34. The van der Waals surface area contributed by atoms with E-state index in [1.807, 2.05) is 18.2 Å². The van der Waals surface area contributed by atoms with E-state index in [-0.39, 0.29) is 0 Å². The molecule has 0 saturated heterocycles. The number of nitrogens with one attached hydrogen (secondary N) is 1. The molecule has 0 radical (unpaired) electrons. The van der Waals surface area contributed by atoms with Crippen molar-refractivity contribution in [2.45, 2.75) is 58.5 Å². The molecule has 0 aromatic rings. The van der Waals surface area contributed by atoms with Crippen LogP contribution in [0, 0.1) is 11.3 Å². The molecule has 1 heteroatoms. The van der Waals surface area contributed by atoms with Crippen LogP contribution in [0.3, 0.4) is 0 Å². The molecule has 2 rings (SSSR count). The maximum atomic E-state index is 3.84. The third-order valence-electron chi connectivity index (χ3n) is 4.81. The van der Waals surface area contributed by atoms with Crippen molar-refractivity contribution in [3.05, 3.63) is 60.8 Å². The van der Waals surface area contributed by atoms with Crippen LogP contribution in [0.5, 0.6) is 0 Å². The maximum Gasteiger partial charge on any atom is 0.0142 e. The normalized spacial score (nSPS) is 28.5. The van der Waals surface area contributed by atoms with Crippen LogP contribution < -0.4 is 5.32 Å². The average molecular weight is 297 g/mol. The van der Waals surface area contributed by atoms with Crippen molar-refractivity contribution in [1.82, 2.24) is 5.32 Å². The Morgan fingerprint density at radius 2 is 1.95 bits per heavy atom. The summed E-state index contributed by atoms with van der Waals surface area (Å²) in [4.78, 5) is 0. The molecule has 1 nitrogen and oxygen atoms in total. The van der Waals surface area contributed by atoms with Crippen LogP contribution in [0.15, 0.2) is 60.8 Å². The topological polar surface area (TPSA) is 12.0 Å². The predicted molar refractivity (Wildman–Crippen MR) is 97.8 cm³/mol. The van der Waals surface area contributed by atoms with Crippen molar-refractivity contribution in [3.63, 3.8) is 0 Å². The fourth-order valence-electron chi connectivity index (χ4n) is 3.64. The van der Waals surface area contributed by atoms with Crippen molar-refractivity contribution in [2.75, 3.05) is 0 Å². The zero-order valence-corrected chi connectivity index (χ0v) is 14.4. The lowest BCUT2D eigenvalue weighted by atomic mass is 9.68. The van der Waals surface area contributed by atoms with Gasteiger partial charge in [-0.05, 0) is 42.6 Å². The van der Waals surface area contributed by atoms with Gasteiger partial charge in [-0.15, -0.1) is 0 Å². The lowest BCUT2D eigenvalue weighted by molar-refractivity contribution is 0.124. The highest BCUT2D eigenvalue weighted by atomic mass is 15.0. The minimum absolute atomic E-state index is 0.556. The Morgan fingerprint density at radius 3 is 2.50 bits per heavy atom. The summed E-state index contributed by atoms with van der Waals surface area (Å²) < 4.78 is 0. The molecule has 0 bridgehead atoms. The number of hydrogen-bond donors (Lipinski definition) is 1. The van der Waals surface area contributed by atoms with Crippen LogP contribution in [0.1, 0.15) is 46.5 Å². The molecule has 0 aromatic heterocycles. The number of rotatable bonds is 8. The van der Waals surface area contributed by atoms with Crippen LogP contribution in [0.25, 0.3) is 0 Å². The Balaban J connectivity index is 1.93. The predicted octanol–water partition coefficient (Wildman–Crippen LogP) is 5.34. The molecule has 22 heavy (non-hydrogen) atoms. The molecule has 120 valence electrons. The van der Waals surface area contributed by atoms with Gasteiger partial charge in [0.15, 0.2) is 0 Å². The molecule has 0 aliphatic heterocycles. The molecule has 0 aromatic carbocycles. The second-order valence-electron chi connectivity index (χ2n) is 7.45. The van der Waals surface area contributed by atoms with Crippen LogP contribution in [0.4, 0.5) is 0 Å². The quantitative estimate of drug-likeness (QED) is 0.596. The summed E-state index contributed by atoms with van der Waals surface area (Å²) >= 11 is 0. The van der Waals surface area contributed by atoms with Gasteiger partial charge in [0, 0.05) is 12.1 Å². The molecule has 2 aliphatic carbocycles. The molecule has 2 aliphatic rings. The van der Waals surface area contributed by atoms with Gasteiger partial charge < -0.3 is 5.32 Å². The highest BCUT2D eigenvalue weighted by Crippen LogP contribution is 2.44. The highest BCUT2D eigenvalue weighted by molar-refractivity contribution is 5.39. The van der Waals surface area contributed by atoms with Gasteiger partial charge in [-0.1, -0.05) is 76.0 Å². The van der Waals surface area contributed by atoms with Gasteiger partial charge in [-0.3, -0.25) is 0 Å². The fourth-order valence-corrected chi connectivity index (χ4v) is 3.64. The van der Waals surface area contributed by atoms with Crippen LogP contribution >= 0.6 is 0 Å². The van der Waals surface area contributed by atoms with E-state index in [1.54, 1.807) is 5.57 Å². The van der Waals surface area contributed by atoms with Gasteiger partial charge in [0.1, 0.15) is 0 Å².